The van der Waals surface area contributed by atoms with Gasteiger partial charge in [-0.1, -0.05) is 18.1 Å². The number of nitrogens with two attached hydrogens (primary N) is 1. The quantitative estimate of drug-likeness (QED) is 0.813. The molecule has 0 aliphatic rings. The Bertz CT molecular complexity index is 634. The Morgan fingerprint density at radius 1 is 1.22 bits per heavy atom. The van der Waals surface area contributed by atoms with Gasteiger partial charge in [-0.15, -0.1) is 5.92 Å². The summed E-state index contributed by atoms with van der Waals surface area (Å²) in [5, 5.41) is 0. The molecule has 1 heterocycles. The van der Waals surface area contributed by atoms with Crippen molar-refractivity contribution in [3.05, 3.63) is 53.7 Å². The number of pyridine rings is 1. The van der Waals surface area contributed by atoms with Crippen LogP contribution in [0, 0.1) is 11.8 Å². The first-order valence-corrected chi connectivity index (χ1v) is 5.50. The minimum atomic E-state index is -0.476. The van der Waals surface area contributed by atoms with Crippen LogP contribution in [0.1, 0.15) is 22.8 Å². The fourth-order valence-electron chi connectivity index (χ4n) is 1.69. The van der Waals surface area contributed by atoms with Gasteiger partial charge in [0.2, 0.25) is 0 Å². The highest BCUT2D eigenvalue weighted by molar-refractivity contribution is 5.98. The van der Waals surface area contributed by atoms with E-state index in [1.165, 1.54) is 0 Å². The maximum Gasteiger partial charge on any atom is 0.250 e. The first-order valence-electron chi connectivity index (χ1n) is 5.50. The summed E-state index contributed by atoms with van der Waals surface area (Å²) < 4.78 is 0. The van der Waals surface area contributed by atoms with E-state index in [2.05, 4.69) is 16.8 Å². The minimum absolute atomic E-state index is 0.423. The molecule has 88 valence electrons. The van der Waals surface area contributed by atoms with Gasteiger partial charge in [-0.3, -0.25) is 9.78 Å². The number of primary amides is 1. The van der Waals surface area contributed by atoms with Crippen LogP contribution in [-0.4, -0.2) is 10.9 Å². The number of carbonyl (C=O) groups is 1. The maximum absolute atomic E-state index is 11.3. The molecule has 0 radical (unpaired) electrons. The first-order chi connectivity index (χ1) is 8.72. The number of amides is 1. The number of nitrogens with zero attached hydrogens (tertiary/aromatic N) is 1. The Balaban J connectivity index is 2.48. The summed E-state index contributed by atoms with van der Waals surface area (Å²) in [7, 11) is 0. The van der Waals surface area contributed by atoms with E-state index in [1.54, 1.807) is 25.3 Å². The lowest BCUT2D eigenvalue weighted by Crippen LogP contribution is -2.12. The zero-order valence-corrected chi connectivity index (χ0v) is 9.97. The number of carbonyl (C=O) groups excluding carboxylic acids is 1. The van der Waals surface area contributed by atoms with E-state index in [9.17, 15) is 4.79 Å². The van der Waals surface area contributed by atoms with Gasteiger partial charge in [-0.25, -0.2) is 0 Å². The Morgan fingerprint density at radius 2 is 1.94 bits per heavy atom. The van der Waals surface area contributed by atoms with Crippen molar-refractivity contribution in [1.29, 1.82) is 0 Å². The molecule has 0 unspecified atom stereocenters. The number of benzene rings is 1. The fraction of sp³-hybridized carbons (Fsp3) is 0.0667. The molecule has 1 aromatic carbocycles. The van der Waals surface area contributed by atoms with Gasteiger partial charge in [-0.05, 0) is 31.2 Å². The van der Waals surface area contributed by atoms with Crippen molar-refractivity contribution in [2.75, 3.05) is 0 Å². The van der Waals surface area contributed by atoms with E-state index in [0.29, 0.717) is 11.3 Å². The molecule has 1 amide bonds. The molecule has 0 saturated carbocycles. The second-order valence-corrected chi connectivity index (χ2v) is 3.72. The van der Waals surface area contributed by atoms with Gasteiger partial charge < -0.3 is 5.73 Å². The predicted octanol–water partition coefficient (Wildman–Crippen LogP) is 2.22. The largest absolute Gasteiger partial charge is 0.366 e. The number of hydrogen-bond donors (Lipinski definition) is 1. The van der Waals surface area contributed by atoms with Crippen molar-refractivity contribution in [2.24, 2.45) is 5.73 Å². The van der Waals surface area contributed by atoms with Crippen LogP contribution < -0.4 is 5.73 Å². The van der Waals surface area contributed by atoms with Crippen LogP contribution in [0.4, 0.5) is 0 Å². The average molecular weight is 236 g/mol. The van der Waals surface area contributed by atoms with E-state index < -0.39 is 5.91 Å². The number of aromatic nitrogens is 1. The van der Waals surface area contributed by atoms with Crippen molar-refractivity contribution < 1.29 is 4.79 Å². The maximum atomic E-state index is 11.3. The molecule has 2 aromatic rings. The smallest absolute Gasteiger partial charge is 0.250 e. The van der Waals surface area contributed by atoms with E-state index in [0.717, 1.165) is 11.1 Å². The molecule has 2 N–H and O–H groups in total. The summed E-state index contributed by atoms with van der Waals surface area (Å²) in [4.78, 5) is 15.5. The molecule has 0 atom stereocenters. The highest BCUT2D eigenvalue weighted by Crippen LogP contribution is 2.21. The van der Waals surface area contributed by atoms with Gasteiger partial charge >= 0.3 is 0 Å². The highest BCUT2D eigenvalue weighted by atomic mass is 16.1. The van der Waals surface area contributed by atoms with Crippen LogP contribution >= 0.6 is 0 Å². The molecule has 18 heavy (non-hydrogen) atoms. The average Bonchev–Trinajstić information content (AvgIpc) is 2.40. The van der Waals surface area contributed by atoms with Gasteiger partial charge in [0.25, 0.3) is 5.91 Å². The third-order valence-corrected chi connectivity index (χ3v) is 2.50. The summed E-state index contributed by atoms with van der Waals surface area (Å²) >= 11 is 0. The lowest BCUT2D eigenvalue weighted by molar-refractivity contribution is 0.100. The molecule has 0 aliphatic heterocycles. The molecule has 0 aliphatic carbocycles. The number of rotatable bonds is 2. The summed E-state index contributed by atoms with van der Waals surface area (Å²) in [5.41, 5.74) is 8.13. The van der Waals surface area contributed by atoms with E-state index in [-0.39, 0.29) is 0 Å². The number of hydrogen-bond acceptors (Lipinski definition) is 2. The molecule has 0 fully saturated rings. The standard InChI is InChI=1S/C15H12N2O/c1-2-4-11-6-8-12(9-7-11)14-13(15(16)18)5-3-10-17-14/h3,5-10H,1H3,(H2,16,18). The van der Waals surface area contributed by atoms with Gasteiger partial charge in [-0.2, -0.15) is 0 Å². The Hall–Kier alpha value is -2.60. The molecule has 0 bridgehead atoms. The van der Waals surface area contributed by atoms with Crippen LogP contribution in [0.25, 0.3) is 11.3 Å². The van der Waals surface area contributed by atoms with Crippen LogP contribution in [0.5, 0.6) is 0 Å². The third-order valence-electron chi connectivity index (χ3n) is 2.50. The molecular formula is C15H12N2O. The normalized spacial score (nSPS) is 9.39. The fourth-order valence-corrected chi connectivity index (χ4v) is 1.69. The van der Waals surface area contributed by atoms with Crippen molar-refractivity contribution in [1.82, 2.24) is 4.98 Å². The molecule has 3 heteroatoms. The third kappa shape index (κ3) is 2.38. The zero-order valence-electron chi connectivity index (χ0n) is 9.97. The summed E-state index contributed by atoms with van der Waals surface area (Å²) in [6, 6.07) is 10.9. The monoisotopic (exact) mass is 236 g/mol. The Morgan fingerprint density at radius 3 is 2.56 bits per heavy atom. The second-order valence-electron chi connectivity index (χ2n) is 3.72. The zero-order chi connectivity index (χ0) is 13.0. The summed E-state index contributed by atoms with van der Waals surface area (Å²) in [6.07, 6.45) is 1.64. The topological polar surface area (TPSA) is 56.0 Å². The van der Waals surface area contributed by atoms with Crippen LogP contribution in [0.15, 0.2) is 42.6 Å². The van der Waals surface area contributed by atoms with Crippen LogP contribution in [-0.2, 0) is 0 Å². The van der Waals surface area contributed by atoms with E-state index in [4.69, 9.17) is 5.73 Å². The van der Waals surface area contributed by atoms with Gasteiger partial charge in [0.15, 0.2) is 0 Å². The SMILES string of the molecule is CC#Cc1ccc(-c2ncccc2C(N)=O)cc1. The summed E-state index contributed by atoms with van der Waals surface area (Å²) in [5.74, 6) is 5.32. The van der Waals surface area contributed by atoms with Crippen molar-refractivity contribution in [3.8, 4) is 23.1 Å². The highest BCUT2D eigenvalue weighted by Gasteiger charge is 2.10. The minimum Gasteiger partial charge on any atom is -0.366 e. The molecule has 1 aromatic heterocycles. The van der Waals surface area contributed by atoms with Gasteiger partial charge in [0.05, 0.1) is 11.3 Å². The van der Waals surface area contributed by atoms with Crippen molar-refractivity contribution in [2.45, 2.75) is 6.92 Å². The Kier molecular flexibility index (Phi) is 3.40. The molecule has 3 nitrogen and oxygen atoms in total. The lowest BCUT2D eigenvalue weighted by Gasteiger charge is -2.05. The molecule has 2 rings (SSSR count). The first kappa shape index (κ1) is 11.9. The van der Waals surface area contributed by atoms with E-state index in [1.807, 2.05) is 24.3 Å². The lowest BCUT2D eigenvalue weighted by atomic mass is 10.0. The predicted molar refractivity (Wildman–Crippen MR) is 70.7 cm³/mol. The van der Waals surface area contributed by atoms with E-state index >= 15 is 0 Å². The van der Waals surface area contributed by atoms with Crippen molar-refractivity contribution in [3.63, 3.8) is 0 Å². The van der Waals surface area contributed by atoms with Crippen molar-refractivity contribution >= 4 is 5.91 Å². The molecule has 0 spiro atoms. The van der Waals surface area contributed by atoms with Crippen LogP contribution in [0.3, 0.4) is 0 Å². The Labute approximate surface area is 106 Å². The van der Waals surface area contributed by atoms with Gasteiger partial charge in [0, 0.05) is 17.3 Å². The molecular weight excluding hydrogens is 224 g/mol. The van der Waals surface area contributed by atoms with Crippen LogP contribution in [0.2, 0.25) is 0 Å². The summed E-state index contributed by atoms with van der Waals surface area (Å²) in [6.45, 7) is 1.79. The van der Waals surface area contributed by atoms with Gasteiger partial charge in [0.1, 0.15) is 0 Å². The second kappa shape index (κ2) is 5.15. The molecule has 0 saturated heterocycles.